The van der Waals surface area contributed by atoms with Crippen LogP contribution in [0, 0.1) is 5.92 Å². The van der Waals surface area contributed by atoms with Crippen molar-refractivity contribution in [2.45, 2.75) is 12.8 Å². The second-order valence-corrected chi connectivity index (χ2v) is 6.28. The molecular weight excluding hydrogens is 332 g/mol. The molecule has 24 heavy (non-hydrogen) atoms. The molecule has 0 spiro atoms. The number of aromatic amines is 1. The number of benzene rings is 1. The van der Waals surface area contributed by atoms with Crippen molar-refractivity contribution < 1.29 is 9.59 Å². The number of nitrogens with two attached hydrogens (primary N) is 1. The van der Waals surface area contributed by atoms with E-state index in [2.05, 4.69) is 10.3 Å². The Morgan fingerprint density at radius 2 is 2.17 bits per heavy atom. The van der Waals surface area contributed by atoms with Crippen molar-refractivity contribution >= 4 is 40.1 Å². The van der Waals surface area contributed by atoms with Gasteiger partial charge in [0.05, 0.1) is 11.4 Å². The molecule has 1 aromatic carbocycles. The van der Waals surface area contributed by atoms with E-state index in [0.29, 0.717) is 35.3 Å². The molecule has 8 heteroatoms. The Bertz CT molecular complexity index is 864. The second-order valence-electron chi connectivity index (χ2n) is 5.84. The number of aromatic nitrogens is 1. The Kier molecular flexibility index (Phi) is 4.44. The maximum Gasteiger partial charge on any atom is 0.322 e. The highest BCUT2D eigenvalue weighted by Gasteiger charge is 2.27. The number of nitrogens with zero attached hydrogens (tertiary/aromatic N) is 1. The van der Waals surface area contributed by atoms with Gasteiger partial charge < -0.3 is 20.9 Å². The smallest absolute Gasteiger partial charge is 0.322 e. The molecule has 1 saturated heterocycles. The molecule has 1 atom stereocenters. The molecule has 0 aliphatic carbocycles. The Morgan fingerprint density at radius 3 is 2.92 bits per heavy atom. The molecular formula is C16H17ClN4O3. The molecule has 2 aromatic rings. The van der Waals surface area contributed by atoms with Gasteiger partial charge in [-0.15, -0.1) is 0 Å². The highest BCUT2D eigenvalue weighted by atomic mass is 35.5. The first-order valence-corrected chi connectivity index (χ1v) is 7.99. The van der Waals surface area contributed by atoms with Gasteiger partial charge in [-0.1, -0.05) is 11.6 Å². The minimum Gasteiger partial charge on any atom is -0.369 e. The third-order valence-corrected chi connectivity index (χ3v) is 4.43. The zero-order valence-electron chi connectivity index (χ0n) is 12.8. The van der Waals surface area contributed by atoms with Crippen LogP contribution >= 0.6 is 11.6 Å². The van der Waals surface area contributed by atoms with Crippen molar-refractivity contribution in [3.63, 3.8) is 0 Å². The number of amides is 3. The number of halogens is 1. The molecule has 1 unspecified atom stereocenters. The van der Waals surface area contributed by atoms with Crippen LogP contribution in [0.4, 0.5) is 10.5 Å². The Labute approximate surface area is 142 Å². The second kappa shape index (κ2) is 6.52. The molecule has 1 fully saturated rings. The number of hydrogen-bond donors (Lipinski definition) is 3. The summed E-state index contributed by atoms with van der Waals surface area (Å²) in [5.74, 6) is -0.755. The summed E-state index contributed by atoms with van der Waals surface area (Å²) >= 11 is 5.90. The number of rotatable bonds is 2. The number of nitrogens with one attached hydrogen (secondary N) is 2. The first kappa shape index (κ1) is 16.3. The van der Waals surface area contributed by atoms with Crippen LogP contribution in [0.15, 0.2) is 29.2 Å². The molecule has 3 rings (SSSR count). The molecule has 1 aliphatic rings. The number of hydrogen-bond acceptors (Lipinski definition) is 3. The summed E-state index contributed by atoms with van der Waals surface area (Å²) in [4.78, 5) is 40.6. The van der Waals surface area contributed by atoms with Gasteiger partial charge in [0.25, 0.3) is 0 Å². The predicted molar refractivity (Wildman–Crippen MR) is 92.1 cm³/mol. The monoisotopic (exact) mass is 348 g/mol. The fraction of sp³-hybridized carbons (Fsp3) is 0.312. The van der Waals surface area contributed by atoms with Gasteiger partial charge in [0.15, 0.2) is 0 Å². The first-order chi connectivity index (χ1) is 11.5. The normalized spacial score (nSPS) is 17.7. The van der Waals surface area contributed by atoms with E-state index in [0.717, 1.165) is 0 Å². The fourth-order valence-corrected chi connectivity index (χ4v) is 3.05. The van der Waals surface area contributed by atoms with Crippen LogP contribution in [0.25, 0.3) is 10.9 Å². The van der Waals surface area contributed by atoms with Crippen LogP contribution in [0.3, 0.4) is 0 Å². The first-order valence-electron chi connectivity index (χ1n) is 7.62. The lowest BCUT2D eigenvalue weighted by molar-refractivity contribution is -0.123. The SMILES string of the molecule is NC(=O)C1CCCN(C(=O)Nc2c[nH]c3cc(Cl)ccc3c2=O)C1. The topological polar surface area (TPSA) is 108 Å². The lowest BCUT2D eigenvalue weighted by Crippen LogP contribution is -2.46. The zero-order chi connectivity index (χ0) is 17.3. The summed E-state index contributed by atoms with van der Waals surface area (Å²) in [6, 6.07) is 4.45. The summed E-state index contributed by atoms with van der Waals surface area (Å²) in [6.45, 7) is 0.791. The molecule has 3 amide bonds. The highest BCUT2D eigenvalue weighted by Crippen LogP contribution is 2.18. The summed E-state index contributed by atoms with van der Waals surface area (Å²) in [5.41, 5.74) is 5.77. The number of piperidine rings is 1. The Morgan fingerprint density at radius 1 is 1.38 bits per heavy atom. The van der Waals surface area contributed by atoms with Crippen molar-refractivity contribution in [1.29, 1.82) is 0 Å². The van der Waals surface area contributed by atoms with Crippen LogP contribution in [0.2, 0.25) is 5.02 Å². The largest absolute Gasteiger partial charge is 0.369 e. The number of urea groups is 1. The number of H-pyrrole nitrogens is 1. The Balaban J connectivity index is 1.80. The quantitative estimate of drug-likeness (QED) is 0.771. The van der Waals surface area contributed by atoms with Crippen LogP contribution in [-0.4, -0.2) is 34.9 Å². The van der Waals surface area contributed by atoms with Crippen molar-refractivity contribution in [3.8, 4) is 0 Å². The number of carbonyl (C=O) groups excluding carboxylic acids is 2. The van der Waals surface area contributed by atoms with E-state index in [4.69, 9.17) is 17.3 Å². The van der Waals surface area contributed by atoms with Gasteiger partial charge >= 0.3 is 6.03 Å². The fourth-order valence-electron chi connectivity index (χ4n) is 2.88. The van der Waals surface area contributed by atoms with Crippen molar-refractivity contribution in [1.82, 2.24) is 9.88 Å². The van der Waals surface area contributed by atoms with E-state index in [-0.39, 0.29) is 23.6 Å². The van der Waals surface area contributed by atoms with Crippen LogP contribution in [-0.2, 0) is 4.79 Å². The van der Waals surface area contributed by atoms with Crippen LogP contribution in [0.1, 0.15) is 12.8 Å². The van der Waals surface area contributed by atoms with E-state index in [9.17, 15) is 14.4 Å². The maximum atomic E-state index is 12.5. The number of pyridine rings is 1. The van der Waals surface area contributed by atoms with Gasteiger partial charge in [0.2, 0.25) is 11.3 Å². The minimum atomic E-state index is -0.417. The summed E-state index contributed by atoms with van der Waals surface area (Å²) < 4.78 is 0. The number of primary amides is 1. The maximum absolute atomic E-state index is 12.5. The molecule has 1 aromatic heterocycles. The van der Waals surface area contributed by atoms with Crippen LogP contribution in [0.5, 0.6) is 0 Å². The van der Waals surface area contributed by atoms with Gasteiger partial charge in [-0.2, -0.15) is 0 Å². The number of anilines is 1. The standard InChI is InChI=1S/C16H17ClN4O3/c17-10-3-4-11-12(6-10)19-7-13(14(11)22)20-16(24)21-5-1-2-9(8-21)15(18)23/h3-4,6-7,9H,1-2,5,8H2,(H2,18,23)(H,19,22)(H,20,24). The van der Waals surface area contributed by atoms with E-state index < -0.39 is 11.9 Å². The van der Waals surface area contributed by atoms with E-state index in [1.54, 1.807) is 18.2 Å². The van der Waals surface area contributed by atoms with Gasteiger partial charge in [-0.3, -0.25) is 9.59 Å². The zero-order valence-corrected chi connectivity index (χ0v) is 13.6. The Hall–Kier alpha value is -2.54. The third kappa shape index (κ3) is 3.21. The molecule has 2 heterocycles. The molecule has 4 N–H and O–H groups in total. The average molecular weight is 349 g/mol. The molecule has 0 bridgehead atoms. The molecule has 7 nitrogen and oxygen atoms in total. The number of fused-ring (bicyclic) bond motifs is 1. The molecule has 0 radical (unpaired) electrons. The van der Waals surface area contributed by atoms with Crippen LogP contribution < -0.4 is 16.5 Å². The van der Waals surface area contributed by atoms with Crippen molar-refractivity contribution in [2.24, 2.45) is 11.7 Å². The lowest BCUT2D eigenvalue weighted by atomic mass is 9.98. The summed E-state index contributed by atoms with van der Waals surface area (Å²) in [5, 5.41) is 3.55. The number of likely N-dealkylation sites (tertiary alicyclic amines) is 1. The third-order valence-electron chi connectivity index (χ3n) is 4.20. The highest BCUT2D eigenvalue weighted by molar-refractivity contribution is 6.31. The minimum absolute atomic E-state index is 0.149. The van der Waals surface area contributed by atoms with Gasteiger partial charge in [0, 0.05) is 29.7 Å². The van der Waals surface area contributed by atoms with Crippen molar-refractivity contribution in [3.05, 3.63) is 39.6 Å². The molecule has 1 aliphatic heterocycles. The lowest BCUT2D eigenvalue weighted by Gasteiger charge is -2.31. The van der Waals surface area contributed by atoms with E-state index >= 15 is 0 Å². The van der Waals surface area contributed by atoms with Gasteiger partial charge in [-0.05, 0) is 31.0 Å². The van der Waals surface area contributed by atoms with Gasteiger partial charge in [0.1, 0.15) is 5.69 Å². The van der Waals surface area contributed by atoms with E-state index in [1.807, 2.05) is 0 Å². The average Bonchev–Trinajstić information content (AvgIpc) is 2.57. The van der Waals surface area contributed by atoms with Gasteiger partial charge in [-0.25, -0.2) is 4.79 Å². The predicted octanol–water partition coefficient (Wildman–Crippen LogP) is 1.91. The molecule has 0 saturated carbocycles. The summed E-state index contributed by atoms with van der Waals surface area (Å²) in [7, 11) is 0. The number of carbonyl (C=O) groups is 2. The molecule has 126 valence electrons. The summed E-state index contributed by atoms with van der Waals surface area (Å²) in [6.07, 6.45) is 2.82. The van der Waals surface area contributed by atoms with Crippen molar-refractivity contribution in [2.75, 3.05) is 18.4 Å². The van der Waals surface area contributed by atoms with E-state index in [1.165, 1.54) is 11.1 Å².